The number of hydrogen-bond acceptors (Lipinski definition) is 3. The quantitative estimate of drug-likeness (QED) is 0.744. The predicted molar refractivity (Wildman–Crippen MR) is 106 cm³/mol. The highest BCUT2D eigenvalue weighted by Crippen LogP contribution is 2.29. The van der Waals surface area contributed by atoms with Crippen LogP contribution in [0.5, 0.6) is 11.5 Å². The summed E-state index contributed by atoms with van der Waals surface area (Å²) in [7, 11) is 3.19. The van der Waals surface area contributed by atoms with Gasteiger partial charge in [0.1, 0.15) is 11.5 Å². The molecule has 1 saturated heterocycles. The molecule has 140 valence electrons. The highest BCUT2D eigenvalue weighted by atomic mass is 16.5. The van der Waals surface area contributed by atoms with Gasteiger partial charge in [0, 0.05) is 41.3 Å². The van der Waals surface area contributed by atoms with Crippen LogP contribution in [0.2, 0.25) is 0 Å². The van der Waals surface area contributed by atoms with E-state index < -0.39 is 0 Å². The number of nitrogens with zero attached hydrogens (tertiary/aromatic N) is 1. The van der Waals surface area contributed by atoms with Gasteiger partial charge in [-0.1, -0.05) is 18.2 Å². The van der Waals surface area contributed by atoms with Crippen molar-refractivity contribution in [2.45, 2.75) is 25.3 Å². The fourth-order valence-electron chi connectivity index (χ4n) is 3.97. The monoisotopic (exact) mass is 364 g/mol. The summed E-state index contributed by atoms with van der Waals surface area (Å²) < 4.78 is 10.6. The Morgan fingerprint density at radius 3 is 2.63 bits per heavy atom. The standard InChI is InChI=1S/C22H24N2O3/c1-26-18-11-15(12-19(13-18)27-2)22(25)24-9-5-6-17(24)10-16-14-23-21-8-4-3-7-20(16)21/h3-4,7-8,11-14,17,23H,5-6,9-10H2,1-2H3. The maximum atomic E-state index is 13.2. The van der Waals surface area contributed by atoms with Crippen LogP contribution in [0, 0.1) is 0 Å². The molecule has 0 bridgehead atoms. The van der Waals surface area contributed by atoms with Crippen LogP contribution in [0.15, 0.2) is 48.7 Å². The SMILES string of the molecule is COc1cc(OC)cc(C(=O)N2CCCC2Cc2c[nH]c3ccccc23)c1. The molecule has 2 aromatic carbocycles. The molecule has 4 rings (SSSR count). The van der Waals surface area contributed by atoms with Crippen molar-refractivity contribution in [3.05, 3.63) is 59.8 Å². The number of amides is 1. The molecule has 1 aromatic heterocycles. The van der Waals surface area contributed by atoms with Crippen LogP contribution in [0.3, 0.4) is 0 Å². The van der Waals surface area contributed by atoms with E-state index >= 15 is 0 Å². The number of carbonyl (C=O) groups excluding carboxylic acids is 1. The minimum absolute atomic E-state index is 0.0366. The van der Waals surface area contributed by atoms with Gasteiger partial charge in [0.2, 0.25) is 0 Å². The van der Waals surface area contributed by atoms with E-state index in [2.05, 4.69) is 29.4 Å². The van der Waals surface area contributed by atoms with Gasteiger partial charge in [-0.05, 0) is 43.0 Å². The minimum Gasteiger partial charge on any atom is -0.497 e. The van der Waals surface area contributed by atoms with Crippen LogP contribution in [0.1, 0.15) is 28.8 Å². The third-order valence-corrected chi connectivity index (χ3v) is 5.37. The first-order chi connectivity index (χ1) is 13.2. The Morgan fingerprint density at radius 1 is 1.15 bits per heavy atom. The lowest BCUT2D eigenvalue weighted by molar-refractivity contribution is 0.0736. The number of fused-ring (bicyclic) bond motifs is 1. The Balaban J connectivity index is 1.58. The first kappa shape index (κ1) is 17.5. The smallest absolute Gasteiger partial charge is 0.254 e. The van der Waals surface area contributed by atoms with E-state index in [0.29, 0.717) is 17.1 Å². The summed E-state index contributed by atoms with van der Waals surface area (Å²) in [5.41, 5.74) is 3.01. The summed E-state index contributed by atoms with van der Waals surface area (Å²) in [6, 6.07) is 13.9. The van der Waals surface area contributed by atoms with E-state index in [9.17, 15) is 4.79 Å². The van der Waals surface area contributed by atoms with Gasteiger partial charge in [0.25, 0.3) is 5.91 Å². The zero-order chi connectivity index (χ0) is 18.8. The largest absolute Gasteiger partial charge is 0.497 e. The lowest BCUT2D eigenvalue weighted by Crippen LogP contribution is -2.36. The fourth-order valence-corrected chi connectivity index (χ4v) is 3.97. The Labute approximate surface area is 158 Å². The number of H-pyrrole nitrogens is 1. The molecule has 1 amide bonds. The van der Waals surface area contributed by atoms with Crippen molar-refractivity contribution in [2.75, 3.05) is 20.8 Å². The normalized spacial score (nSPS) is 16.7. The second-order valence-electron chi connectivity index (χ2n) is 6.96. The van der Waals surface area contributed by atoms with Crippen molar-refractivity contribution >= 4 is 16.8 Å². The number of para-hydroxylation sites is 1. The van der Waals surface area contributed by atoms with Crippen molar-refractivity contribution in [3.8, 4) is 11.5 Å². The molecular weight excluding hydrogens is 340 g/mol. The molecule has 2 heterocycles. The van der Waals surface area contributed by atoms with E-state index in [1.54, 1.807) is 32.4 Å². The number of likely N-dealkylation sites (tertiary alicyclic amines) is 1. The van der Waals surface area contributed by atoms with Crippen LogP contribution < -0.4 is 9.47 Å². The highest BCUT2D eigenvalue weighted by Gasteiger charge is 2.30. The molecule has 1 aliphatic heterocycles. The maximum absolute atomic E-state index is 13.2. The molecule has 5 heteroatoms. The molecule has 1 aliphatic rings. The Kier molecular flexibility index (Phi) is 4.75. The van der Waals surface area contributed by atoms with E-state index in [4.69, 9.17) is 9.47 Å². The molecule has 1 unspecified atom stereocenters. The van der Waals surface area contributed by atoms with Gasteiger partial charge in [0.05, 0.1) is 14.2 Å². The molecule has 1 fully saturated rings. The Bertz CT molecular complexity index is 941. The van der Waals surface area contributed by atoms with E-state index in [1.165, 1.54) is 10.9 Å². The van der Waals surface area contributed by atoms with Crippen LogP contribution >= 0.6 is 0 Å². The molecular formula is C22H24N2O3. The third kappa shape index (κ3) is 3.37. The number of hydrogen-bond donors (Lipinski definition) is 1. The van der Waals surface area contributed by atoms with E-state index in [-0.39, 0.29) is 11.9 Å². The average Bonchev–Trinajstić information content (AvgIpc) is 3.34. The summed E-state index contributed by atoms with van der Waals surface area (Å²) in [5.74, 6) is 1.30. The van der Waals surface area contributed by atoms with Gasteiger partial charge in [0.15, 0.2) is 0 Å². The van der Waals surface area contributed by atoms with Crippen LogP contribution in [-0.2, 0) is 6.42 Å². The zero-order valence-corrected chi connectivity index (χ0v) is 15.7. The van der Waals surface area contributed by atoms with Crippen molar-refractivity contribution in [1.82, 2.24) is 9.88 Å². The minimum atomic E-state index is 0.0366. The summed E-state index contributed by atoms with van der Waals surface area (Å²) in [6.07, 6.45) is 4.98. The maximum Gasteiger partial charge on any atom is 0.254 e. The number of rotatable bonds is 5. The third-order valence-electron chi connectivity index (χ3n) is 5.37. The number of ether oxygens (including phenoxy) is 2. The van der Waals surface area contributed by atoms with Crippen LogP contribution in [0.25, 0.3) is 10.9 Å². The molecule has 0 aliphatic carbocycles. The molecule has 1 N–H and O–H groups in total. The van der Waals surface area contributed by atoms with Crippen molar-refractivity contribution < 1.29 is 14.3 Å². The molecule has 0 spiro atoms. The number of methoxy groups -OCH3 is 2. The molecule has 0 radical (unpaired) electrons. The second kappa shape index (κ2) is 7.35. The molecule has 3 aromatic rings. The van der Waals surface area contributed by atoms with E-state index in [1.807, 2.05) is 11.0 Å². The number of aromatic nitrogens is 1. The van der Waals surface area contributed by atoms with Gasteiger partial charge >= 0.3 is 0 Å². The summed E-state index contributed by atoms with van der Waals surface area (Å²) in [4.78, 5) is 18.5. The summed E-state index contributed by atoms with van der Waals surface area (Å²) in [6.45, 7) is 0.783. The van der Waals surface area contributed by atoms with E-state index in [0.717, 1.165) is 31.3 Å². The lowest BCUT2D eigenvalue weighted by atomic mass is 10.0. The number of nitrogens with one attached hydrogen (secondary N) is 1. The van der Waals surface area contributed by atoms with Gasteiger partial charge in [-0.25, -0.2) is 0 Å². The topological polar surface area (TPSA) is 54.6 Å². The Morgan fingerprint density at radius 2 is 1.89 bits per heavy atom. The Hall–Kier alpha value is -2.95. The molecule has 1 atom stereocenters. The van der Waals surface area contributed by atoms with Crippen LogP contribution in [-0.4, -0.2) is 42.6 Å². The first-order valence-electron chi connectivity index (χ1n) is 9.28. The second-order valence-corrected chi connectivity index (χ2v) is 6.96. The van der Waals surface area contributed by atoms with Gasteiger partial charge in [-0.15, -0.1) is 0 Å². The van der Waals surface area contributed by atoms with Crippen molar-refractivity contribution in [3.63, 3.8) is 0 Å². The molecule has 5 nitrogen and oxygen atoms in total. The first-order valence-corrected chi connectivity index (χ1v) is 9.28. The molecule has 0 saturated carbocycles. The van der Waals surface area contributed by atoms with Gasteiger partial charge in [-0.2, -0.15) is 0 Å². The highest BCUT2D eigenvalue weighted by molar-refractivity contribution is 5.95. The lowest BCUT2D eigenvalue weighted by Gasteiger charge is -2.25. The fraction of sp³-hybridized carbons (Fsp3) is 0.318. The summed E-state index contributed by atoms with van der Waals surface area (Å²) in [5, 5.41) is 1.24. The number of aromatic amines is 1. The van der Waals surface area contributed by atoms with Gasteiger partial charge < -0.3 is 19.4 Å². The zero-order valence-electron chi connectivity index (χ0n) is 15.7. The summed E-state index contributed by atoms with van der Waals surface area (Å²) >= 11 is 0. The number of carbonyl (C=O) groups is 1. The average molecular weight is 364 g/mol. The predicted octanol–water partition coefficient (Wildman–Crippen LogP) is 4.03. The van der Waals surface area contributed by atoms with Crippen molar-refractivity contribution in [1.29, 1.82) is 0 Å². The molecule has 27 heavy (non-hydrogen) atoms. The van der Waals surface area contributed by atoms with Crippen LogP contribution in [0.4, 0.5) is 0 Å². The van der Waals surface area contributed by atoms with Gasteiger partial charge in [-0.3, -0.25) is 4.79 Å². The number of benzene rings is 2. The van der Waals surface area contributed by atoms with Crippen molar-refractivity contribution in [2.24, 2.45) is 0 Å².